The van der Waals surface area contributed by atoms with Crippen molar-refractivity contribution in [2.24, 2.45) is 5.73 Å². The number of amides is 2. The van der Waals surface area contributed by atoms with E-state index in [0.29, 0.717) is 25.1 Å². The van der Waals surface area contributed by atoms with Gasteiger partial charge in [-0.1, -0.05) is 17.7 Å². The van der Waals surface area contributed by atoms with Crippen molar-refractivity contribution < 1.29 is 14.3 Å². The average molecular weight is 369 g/mol. The fraction of sp³-hybridized carbons (Fsp3) is 0.333. The Balaban J connectivity index is 1.70. The quantitative estimate of drug-likeness (QED) is 0.591. The second-order valence-corrected chi connectivity index (χ2v) is 6.52. The highest BCUT2D eigenvalue weighted by Crippen LogP contribution is 2.23. The third-order valence-electron chi connectivity index (χ3n) is 3.94. The number of hydrogen-bond acceptors (Lipinski definition) is 4. The third-order valence-corrected chi connectivity index (χ3v) is 3.94. The number of hydrogen-bond donors (Lipinski definition) is 3. The summed E-state index contributed by atoms with van der Waals surface area (Å²) >= 11 is 0. The van der Waals surface area contributed by atoms with Crippen molar-refractivity contribution in [2.75, 3.05) is 11.9 Å². The number of carbonyl (C=O) groups excluding carboxylic acids is 2. The molecule has 0 fully saturated rings. The first-order valence-electron chi connectivity index (χ1n) is 9.12. The van der Waals surface area contributed by atoms with Gasteiger partial charge >= 0.3 is 0 Å². The van der Waals surface area contributed by atoms with Crippen LogP contribution in [0.2, 0.25) is 0 Å². The largest absolute Gasteiger partial charge is 0.457 e. The van der Waals surface area contributed by atoms with Gasteiger partial charge in [0.1, 0.15) is 11.5 Å². The summed E-state index contributed by atoms with van der Waals surface area (Å²) < 4.78 is 5.77. The molecule has 0 spiro atoms. The van der Waals surface area contributed by atoms with E-state index in [0.717, 1.165) is 17.9 Å². The molecule has 1 unspecified atom stereocenters. The van der Waals surface area contributed by atoms with Crippen LogP contribution in [0.4, 0.5) is 5.69 Å². The van der Waals surface area contributed by atoms with E-state index in [-0.39, 0.29) is 11.8 Å². The summed E-state index contributed by atoms with van der Waals surface area (Å²) in [5.41, 5.74) is 7.36. The van der Waals surface area contributed by atoms with Crippen molar-refractivity contribution in [3.63, 3.8) is 0 Å². The second kappa shape index (κ2) is 10.3. The Morgan fingerprint density at radius 2 is 1.59 bits per heavy atom. The molecule has 6 nitrogen and oxygen atoms in total. The van der Waals surface area contributed by atoms with Crippen molar-refractivity contribution in [2.45, 2.75) is 39.2 Å². The van der Waals surface area contributed by atoms with E-state index in [4.69, 9.17) is 10.5 Å². The lowest BCUT2D eigenvalue weighted by Gasteiger charge is -2.09. The molecule has 0 aliphatic rings. The molecule has 27 heavy (non-hydrogen) atoms. The molecule has 2 aromatic rings. The van der Waals surface area contributed by atoms with E-state index in [1.54, 1.807) is 6.92 Å². The highest BCUT2D eigenvalue weighted by Gasteiger charge is 2.06. The minimum absolute atomic E-state index is 0.0549. The highest BCUT2D eigenvalue weighted by molar-refractivity contribution is 5.90. The van der Waals surface area contributed by atoms with E-state index in [2.05, 4.69) is 10.6 Å². The molecule has 2 rings (SSSR count). The van der Waals surface area contributed by atoms with Gasteiger partial charge in [-0.3, -0.25) is 9.59 Å². The molecular formula is C21H27N3O3. The molecule has 0 aliphatic heterocycles. The number of rotatable bonds is 9. The number of unbranched alkanes of at least 4 members (excludes halogenated alkanes) is 1. The normalized spacial score (nSPS) is 11.5. The molecule has 0 aromatic heterocycles. The van der Waals surface area contributed by atoms with Crippen molar-refractivity contribution in [1.82, 2.24) is 5.32 Å². The molecule has 4 N–H and O–H groups in total. The lowest BCUT2D eigenvalue weighted by molar-refractivity contribution is -0.121. The number of carbonyl (C=O) groups is 2. The Hall–Kier alpha value is -2.86. The molecule has 0 saturated heterocycles. The lowest BCUT2D eigenvalue weighted by atomic mass is 10.2. The zero-order chi connectivity index (χ0) is 19.6. The smallest absolute Gasteiger partial charge is 0.236 e. The molecule has 6 heteroatoms. The van der Waals surface area contributed by atoms with Crippen molar-refractivity contribution >= 4 is 17.5 Å². The number of benzene rings is 2. The van der Waals surface area contributed by atoms with Gasteiger partial charge in [0.05, 0.1) is 6.04 Å². The fourth-order valence-corrected chi connectivity index (χ4v) is 2.36. The number of ether oxygens (including phenoxy) is 1. The van der Waals surface area contributed by atoms with Gasteiger partial charge in [0.15, 0.2) is 0 Å². The number of nitrogens with one attached hydrogen (secondary N) is 2. The summed E-state index contributed by atoms with van der Waals surface area (Å²) in [4.78, 5) is 23.3. The minimum Gasteiger partial charge on any atom is -0.457 e. The maximum Gasteiger partial charge on any atom is 0.236 e. The molecule has 0 saturated carbocycles. The summed E-state index contributed by atoms with van der Waals surface area (Å²) in [6.07, 6.45) is 1.82. The average Bonchev–Trinajstić information content (AvgIpc) is 2.64. The first kappa shape index (κ1) is 20.5. The van der Waals surface area contributed by atoms with E-state index < -0.39 is 6.04 Å². The van der Waals surface area contributed by atoms with Gasteiger partial charge in [-0.05, 0) is 63.1 Å². The minimum atomic E-state index is -0.508. The van der Waals surface area contributed by atoms with Crippen molar-refractivity contribution in [3.05, 3.63) is 54.1 Å². The van der Waals surface area contributed by atoms with Crippen LogP contribution in [0.25, 0.3) is 0 Å². The zero-order valence-corrected chi connectivity index (χ0v) is 15.8. The topological polar surface area (TPSA) is 93.5 Å². The van der Waals surface area contributed by atoms with Gasteiger partial charge in [0.2, 0.25) is 11.8 Å². The van der Waals surface area contributed by atoms with Crippen molar-refractivity contribution in [1.29, 1.82) is 0 Å². The van der Waals surface area contributed by atoms with Gasteiger partial charge in [-0.15, -0.1) is 0 Å². The van der Waals surface area contributed by atoms with Crippen molar-refractivity contribution in [3.8, 4) is 11.5 Å². The van der Waals surface area contributed by atoms with Gasteiger partial charge in [0.25, 0.3) is 0 Å². The summed E-state index contributed by atoms with van der Waals surface area (Å²) in [6.45, 7) is 4.19. The molecule has 144 valence electrons. The zero-order valence-electron chi connectivity index (χ0n) is 15.8. The Bertz CT molecular complexity index is 740. The summed E-state index contributed by atoms with van der Waals surface area (Å²) in [5, 5.41) is 5.58. The van der Waals surface area contributed by atoms with Gasteiger partial charge in [0, 0.05) is 18.7 Å². The molecule has 0 aliphatic carbocycles. The highest BCUT2D eigenvalue weighted by atomic mass is 16.5. The summed E-state index contributed by atoms with van der Waals surface area (Å²) in [7, 11) is 0. The van der Waals surface area contributed by atoms with Crippen LogP contribution in [-0.4, -0.2) is 24.4 Å². The summed E-state index contributed by atoms with van der Waals surface area (Å²) in [6, 6.07) is 14.6. The lowest BCUT2D eigenvalue weighted by Crippen LogP contribution is -2.38. The van der Waals surface area contributed by atoms with Crippen LogP contribution >= 0.6 is 0 Å². The fourth-order valence-electron chi connectivity index (χ4n) is 2.36. The molecule has 0 heterocycles. The maximum atomic E-state index is 12.0. The summed E-state index contributed by atoms with van der Waals surface area (Å²) in [5.74, 6) is 1.25. The van der Waals surface area contributed by atoms with Crippen LogP contribution in [0.15, 0.2) is 48.5 Å². The van der Waals surface area contributed by atoms with Crippen LogP contribution in [-0.2, 0) is 9.59 Å². The SMILES string of the molecule is Cc1ccc(Oc2ccc(NC(=O)CCCCNC(=O)C(C)N)cc2)cc1. The number of nitrogens with two attached hydrogens (primary N) is 1. The standard InChI is InChI=1S/C21H27N3O3/c1-15-6-10-18(11-7-15)27-19-12-8-17(9-13-19)24-20(25)5-3-4-14-23-21(26)16(2)22/h6-13,16H,3-5,14,22H2,1-2H3,(H,23,26)(H,24,25). The Morgan fingerprint density at radius 3 is 2.19 bits per heavy atom. The maximum absolute atomic E-state index is 12.0. The number of anilines is 1. The molecule has 1 atom stereocenters. The van der Waals surface area contributed by atoms with Gasteiger partial charge < -0.3 is 21.1 Å². The first-order valence-corrected chi connectivity index (χ1v) is 9.12. The van der Waals surface area contributed by atoms with Crippen LogP contribution in [0, 0.1) is 6.92 Å². The monoisotopic (exact) mass is 369 g/mol. The van der Waals surface area contributed by atoms with Crippen LogP contribution in [0.1, 0.15) is 31.7 Å². The van der Waals surface area contributed by atoms with Crippen LogP contribution < -0.4 is 21.1 Å². The molecule has 0 bridgehead atoms. The number of aryl methyl sites for hydroxylation is 1. The van der Waals surface area contributed by atoms with E-state index in [1.165, 1.54) is 5.56 Å². The Morgan fingerprint density at radius 1 is 1.00 bits per heavy atom. The van der Waals surface area contributed by atoms with Gasteiger partial charge in [-0.2, -0.15) is 0 Å². The second-order valence-electron chi connectivity index (χ2n) is 6.52. The van der Waals surface area contributed by atoms with Crippen LogP contribution in [0.3, 0.4) is 0 Å². The predicted molar refractivity (Wildman–Crippen MR) is 107 cm³/mol. The molecule has 2 amide bonds. The molecule has 2 aromatic carbocycles. The third kappa shape index (κ3) is 7.50. The van der Waals surface area contributed by atoms with Gasteiger partial charge in [-0.25, -0.2) is 0 Å². The molecular weight excluding hydrogens is 342 g/mol. The van der Waals surface area contributed by atoms with E-state index in [1.807, 2.05) is 55.5 Å². The van der Waals surface area contributed by atoms with E-state index in [9.17, 15) is 9.59 Å². The predicted octanol–water partition coefficient (Wildman–Crippen LogP) is 3.36. The molecule has 0 radical (unpaired) electrons. The Labute approximate surface area is 160 Å². The van der Waals surface area contributed by atoms with E-state index >= 15 is 0 Å². The first-order chi connectivity index (χ1) is 12.9. The Kier molecular flexibility index (Phi) is 7.82. The van der Waals surface area contributed by atoms with Crippen LogP contribution in [0.5, 0.6) is 11.5 Å².